The highest BCUT2D eigenvalue weighted by Gasteiger charge is 2.11. The molecule has 0 atom stereocenters. The van der Waals surface area contributed by atoms with Gasteiger partial charge in [0.2, 0.25) is 0 Å². The Balaban J connectivity index is 1.70. The highest BCUT2D eigenvalue weighted by molar-refractivity contribution is 5.92. The summed E-state index contributed by atoms with van der Waals surface area (Å²) in [7, 11) is 0. The van der Waals surface area contributed by atoms with Crippen LogP contribution in [0.25, 0.3) is 0 Å². The van der Waals surface area contributed by atoms with E-state index in [1.54, 1.807) is 24.3 Å². The van der Waals surface area contributed by atoms with Crippen molar-refractivity contribution in [2.24, 2.45) is 0 Å². The van der Waals surface area contributed by atoms with E-state index in [0.717, 1.165) is 12.2 Å². The molecule has 0 aliphatic carbocycles. The largest absolute Gasteiger partial charge is 0.494 e. The molecular formula is C26H34O6. The first-order chi connectivity index (χ1) is 15.6. The van der Waals surface area contributed by atoms with Crippen molar-refractivity contribution in [2.45, 2.75) is 58.3 Å². The van der Waals surface area contributed by atoms with E-state index >= 15 is 0 Å². The topological polar surface area (TPSA) is 82.1 Å². The molecule has 1 N–H and O–H groups in total. The van der Waals surface area contributed by atoms with Crippen LogP contribution >= 0.6 is 0 Å². The van der Waals surface area contributed by atoms with Crippen LogP contribution in [0.1, 0.15) is 79.0 Å². The van der Waals surface area contributed by atoms with Crippen LogP contribution < -0.4 is 9.47 Å². The van der Waals surface area contributed by atoms with Crippen molar-refractivity contribution in [1.82, 2.24) is 0 Å². The summed E-state index contributed by atoms with van der Waals surface area (Å²) in [6.45, 7) is 2.61. The number of unbranched alkanes of at least 4 members (excludes halogenated alkanes) is 7. The molecule has 0 fully saturated rings. The summed E-state index contributed by atoms with van der Waals surface area (Å²) in [6, 6.07) is 12.9. The molecule has 0 aliphatic rings. The summed E-state index contributed by atoms with van der Waals surface area (Å²) < 4.78 is 15.9. The minimum atomic E-state index is -0.542. The predicted octanol–water partition coefficient (Wildman–Crippen LogP) is 5.57. The molecule has 0 aromatic heterocycles. The molecule has 0 amide bonds. The van der Waals surface area contributed by atoms with Crippen LogP contribution in [0.2, 0.25) is 0 Å². The second kappa shape index (κ2) is 15.0. The maximum absolute atomic E-state index is 12.3. The van der Waals surface area contributed by atoms with Crippen molar-refractivity contribution in [3.05, 3.63) is 59.7 Å². The van der Waals surface area contributed by atoms with Gasteiger partial charge in [-0.05, 0) is 55.0 Å². The van der Waals surface area contributed by atoms with Crippen molar-refractivity contribution in [1.29, 1.82) is 0 Å². The first-order valence-corrected chi connectivity index (χ1v) is 11.5. The second-order valence-electron chi connectivity index (χ2n) is 7.62. The average Bonchev–Trinajstić information content (AvgIpc) is 2.82. The molecule has 0 saturated carbocycles. The van der Waals surface area contributed by atoms with Gasteiger partial charge >= 0.3 is 11.9 Å². The Morgan fingerprint density at radius 2 is 1.22 bits per heavy atom. The van der Waals surface area contributed by atoms with Gasteiger partial charge in [-0.3, -0.25) is 0 Å². The number of hydrogen-bond donors (Lipinski definition) is 1. The number of esters is 2. The highest BCUT2D eigenvalue weighted by Crippen LogP contribution is 2.18. The minimum absolute atomic E-state index is 0.0611. The number of ether oxygens (including phenoxy) is 3. The first kappa shape index (κ1) is 25.4. The second-order valence-corrected chi connectivity index (χ2v) is 7.62. The summed E-state index contributed by atoms with van der Waals surface area (Å²) in [4.78, 5) is 24.0. The number of carbonyl (C=O) groups is 2. The lowest BCUT2D eigenvalue weighted by Crippen LogP contribution is -2.10. The molecule has 2 aromatic carbocycles. The Kier molecular flexibility index (Phi) is 11.9. The van der Waals surface area contributed by atoms with E-state index in [4.69, 9.17) is 19.3 Å². The van der Waals surface area contributed by atoms with Gasteiger partial charge in [-0.25, -0.2) is 9.59 Å². The third kappa shape index (κ3) is 9.52. The zero-order valence-corrected chi connectivity index (χ0v) is 18.9. The van der Waals surface area contributed by atoms with Crippen LogP contribution in [0, 0.1) is 0 Å². The lowest BCUT2D eigenvalue weighted by atomic mass is 10.1. The fourth-order valence-electron chi connectivity index (χ4n) is 3.16. The Bertz CT molecular complexity index is 798. The van der Waals surface area contributed by atoms with Crippen molar-refractivity contribution in [3.63, 3.8) is 0 Å². The van der Waals surface area contributed by atoms with E-state index in [1.165, 1.54) is 69.2 Å². The van der Waals surface area contributed by atoms with Gasteiger partial charge in [-0.1, -0.05) is 51.9 Å². The summed E-state index contributed by atoms with van der Waals surface area (Å²) in [6.07, 6.45) is 10.0. The normalized spacial score (nSPS) is 10.6. The van der Waals surface area contributed by atoms with E-state index in [2.05, 4.69) is 6.92 Å². The molecule has 2 rings (SSSR count). The molecule has 32 heavy (non-hydrogen) atoms. The smallest absolute Gasteiger partial charge is 0.343 e. The molecule has 0 bridgehead atoms. The minimum Gasteiger partial charge on any atom is -0.494 e. The maximum atomic E-state index is 12.3. The molecular weight excluding hydrogens is 408 g/mol. The lowest BCUT2D eigenvalue weighted by molar-refractivity contribution is 0.0433. The quantitative estimate of drug-likeness (QED) is 0.220. The van der Waals surface area contributed by atoms with Crippen molar-refractivity contribution in [2.75, 3.05) is 19.8 Å². The maximum Gasteiger partial charge on any atom is 0.343 e. The van der Waals surface area contributed by atoms with Gasteiger partial charge in [-0.2, -0.15) is 0 Å². The lowest BCUT2D eigenvalue weighted by Gasteiger charge is -2.08. The third-order valence-electron chi connectivity index (χ3n) is 4.98. The van der Waals surface area contributed by atoms with Crippen LogP contribution in [0.4, 0.5) is 0 Å². The molecule has 0 aliphatic heterocycles. The Labute approximate surface area is 190 Å². The number of benzene rings is 2. The SMILES string of the molecule is CCCCCCCCCCOc1ccc(C(=O)Oc2ccc(C(=O)OCCO)cc2)cc1. The van der Waals surface area contributed by atoms with Gasteiger partial charge < -0.3 is 19.3 Å². The standard InChI is InChI=1S/C26H34O6/c1-2-3-4-5-6-7-8-9-19-30-23-14-10-22(11-15-23)26(29)32-24-16-12-21(13-17-24)25(28)31-20-18-27/h10-17,27H,2-9,18-20H2,1H3. The Morgan fingerprint density at radius 1 is 0.688 bits per heavy atom. The molecule has 2 aromatic rings. The molecule has 0 heterocycles. The number of aliphatic hydroxyl groups excluding tert-OH is 1. The zero-order valence-electron chi connectivity index (χ0n) is 18.9. The van der Waals surface area contributed by atoms with Crippen molar-refractivity contribution in [3.8, 4) is 11.5 Å². The third-order valence-corrected chi connectivity index (χ3v) is 4.98. The summed E-state index contributed by atoms with van der Waals surface area (Å²) >= 11 is 0. The van der Waals surface area contributed by atoms with E-state index < -0.39 is 11.9 Å². The van der Waals surface area contributed by atoms with Gasteiger partial charge in [0.1, 0.15) is 18.1 Å². The summed E-state index contributed by atoms with van der Waals surface area (Å²) in [5.41, 5.74) is 0.729. The number of rotatable bonds is 15. The average molecular weight is 443 g/mol. The van der Waals surface area contributed by atoms with Crippen LogP contribution in [0.5, 0.6) is 11.5 Å². The number of carbonyl (C=O) groups excluding carboxylic acids is 2. The van der Waals surface area contributed by atoms with Crippen molar-refractivity contribution >= 4 is 11.9 Å². The fraction of sp³-hybridized carbons (Fsp3) is 0.462. The molecule has 6 nitrogen and oxygen atoms in total. The van der Waals surface area contributed by atoms with Crippen LogP contribution in [0.3, 0.4) is 0 Å². The molecule has 0 spiro atoms. The Hall–Kier alpha value is -2.86. The van der Waals surface area contributed by atoms with E-state index in [-0.39, 0.29) is 13.2 Å². The van der Waals surface area contributed by atoms with Gasteiger partial charge in [0.25, 0.3) is 0 Å². The molecule has 0 radical (unpaired) electrons. The molecule has 0 unspecified atom stereocenters. The van der Waals surface area contributed by atoms with Crippen LogP contribution in [-0.2, 0) is 4.74 Å². The molecule has 0 saturated heterocycles. The first-order valence-electron chi connectivity index (χ1n) is 11.5. The van der Waals surface area contributed by atoms with E-state index in [1.807, 2.05) is 0 Å². The van der Waals surface area contributed by atoms with Crippen molar-refractivity contribution < 1.29 is 28.9 Å². The van der Waals surface area contributed by atoms with Gasteiger partial charge in [0.15, 0.2) is 0 Å². The molecule has 6 heteroatoms. The van der Waals surface area contributed by atoms with E-state index in [0.29, 0.717) is 23.5 Å². The predicted molar refractivity (Wildman–Crippen MR) is 123 cm³/mol. The number of aliphatic hydroxyl groups is 1. The van der Waals surface area contributed by atoms with Gasteiger partial charge in [0, 0.05) is 0 Å². The fourth-order valence-corrected chi connectivity index (χ4v) is 3.16. The van der Waals surface area contributed by atoms with E-state index in [9.17, 15) is 9.59 Å². The van der Waals surface area contributed by atoms with Gasteiger partial charge in [-0.15, -0.1) is 0 Å². The summed E-state index contributed by atoms with van der Waals surface area (Å²) in [5, 5.41) is 8.69. The monoisotopic (exact) mass is 442 g/mol. The van der Waals surface area contributed by atoms with Crippen LogP contribution in [0.15, 0.2) is 48.5 Å². The van der Waals surface area contributed by atoms with Gasteiger partial charge in [0.05, 0.1) is 24.3 Å². The molecule has 174 valence electrons. The zero-order chi connectivity index (χ0) is 23.0. The number of hydrogen-bond acceptors (Lipinski definition) is 6. The highest BCUT2D eigenvalue weighted by atomic mass is 16.5. The Morgan fingerprint density at radius 3 is 1.81 bits per heavy atom. The van der Waals surface area contributed by atoms with Crippen LogP contribution in [-0.4, -0.2) is 36.9 Å². The summed E-state index contributed by atoms with van der Waals surface area (Å²) in [5.74, 6) is 0.0219.